The first-order chi connectivity index (χ1) is 7.31. The second-order valence-electron chi connectivity index (χ2n) is 3.92. The van der Waals surface area contributed by atoms with Crippen LogP contribution < -0.4 is 11.1 Å². The molecule has 3 nitrogen and oxygen atoms in total. The third kappa shape index (κ3) is 2.18. The van der Waals surface area contributed by atoms with E-state index in [2.05, 4.69) is 17.4 Å². The number of nitrogens with two attached hydrogens (primary N) is 1. The zero-order chi connectivity index (χ0) is 10.7. The lowest BCUT2D eigenvalue weighted by Crippen LogP contribution is -2.35. The van der Waals surface area contributed by atoms with Crippen molar-refractivity contribution in [3.8, 4) is 0 Å². The van der Waals surface area contributed by atoms with Gasteiger partial charge in [0.05, 0.1) is 12.6 Å². The second-order valence-corrected chi connectivity index (χ2v) is 3.92. The van der Waals surface area contributed by atoms with Gasteiger partial charge in [-0.05, 0) is 30.4 Å². The first kappa shape index (κ1) is 10.2. The van der Waals surface area contributed by atoms with Crippen LogP contribution in [-0.4, -0.2) is 12.5 Å². The summed E-state index contributed by atoms with van der Waals surface area (Å²) < 4.78 is 0. The highest BCUT2D eigenvalue weighted by atomic mass is 16.1. The van der Waals surface area contributed by atoms with Crippen molar-refractivity contribution < 1.29 is 4.79 Å². The molecule has 15 heavy (non-hydrogen) atoms. The average Bonchev–Trinajstić information content (AvgIpc) is 2.29. The summed E-state index contributed by atoms with van der Waals surface area (Å²) in [6.45, 7) is 0.0681. The van der Waals surface area contributed by atoms with Crippen LogP contribution in [0.4, 0.5) is 0 Å². The monoisotopic (exact) mass is 204 g/mol. The Hall–Kier alpha value is -1.35. The minimum Gasteiger partial charge on any atom is -0.348 e. The van der Waals surface area contributed by atoms with Gasteiger partial charge in [0.1, 0.15) is 0 Å². The number of aryl methyl sites for hydroxylation is 1. The molecule has 1 aromatic carbocycles. The largest absolute Gasteiger partial charge is 0.348 e. The molecule has 1 aliphatic carbocycles. The molecule has 0 heterocycles. The molecule has 0 saturated carbocycles. The van der Waals surface area contributed by atoms with Gasteiger partial charge in [-0.1, -0.05) is 24.3 Å². The Bertz CT molecular complexity index is 362. The lowest BCUT2D eigenvalue weighted by atomic mass is 9.88. The molecule has 0 saturated heterocycles. The maximum absolute atomic E-state index is 11.3. The third-order valence-corrected chi connectivity index (χ3v) is 2.89. The Morgan fingerprint density at radius 3 is 3.07 bits per heavy atom. The molecule has 0 spiro atoms. The molecule has 1 atom stereocenters. The van der Waals surface area contributed by atoms with Gasteiger partial charge in [0.15, 0.2) is 0 Å². The fourth-order valence-corrected chi connectivity index (χ4v) is 2.16. The van der Waals surface area contributed by atoms with E-state index in [9.17, 15) is 4.79 Å². The van der Waals surface area contributed by atoms with Crippen LogP contribution in [-0.2, 0) is 11.2 Å². The predicted molar refractivity (Wildman–Crippen MR) is 59.3 cm³/mol. The van der Waals surface area contributed by atoms with Gasteiger partial charge in [-0.25, -0.2) is 0 Å². The number of hydrogen-bond donors (Lipinski definition) is 2. The minimum absolute atomic E-state index is 0.0681. The summed E-state index contributed by atoms with van der Waals surface area (Å²) in [5.74, 6) is -0.0725. The maximum Gasteiger partial charge on any atom is 0.234 e. The highest BCUT2D eigenvalue weighted by Crippen LogP contribution is 2.29. The Kier molecular flexibility index (Phi) is 3.02. The van der Waals surface area contributed by atoms with Crippen molar-refractivity contribution in [2.24, 2.45) is 5.73 Å². The lowest BCUT2D eigenvalue weighted by molar-refractivity contribution is -0.120. The predicted octanol–water partition coefficient (Wildman–Crippen LogP) is 1.14. The van der Waals surface area contributed by atoms with Crippen molar-refractivity contribution in [2.75, 3.05) is 6.54 Å². The molecular formula is C12H16N2O. The zero-order valence-electron chi connectivity index (χ0n) is 8.70. The summed E-state index contributed by atoms with van der Waals surface area (Å²) in [6, 6.07) is 8.45. The number of nitrogens with one attached hydrogen (secondary N) is 1. The van der Waals surface area contributed by atoms with Gasteiger partial charge in [-0.3, -0.25) is 4.79 Å². The van der Waals surface area contributed by atoms with Gasteiger partial charge in [-0.15, -0.1) is 0 Å². The van der Waals surface area contributed by atoms with Crippen LogP contribution in [0, 0.1) is 0 Å². The van der Waals surface area contributed by atoms with Crippen LogP contribution in [0.25, 0.3) is 0 Å². The number of fused-ring (bicyclic) bond motifs is 1. The minimum atomic E-state index is -0.0725. The van der Waals surface area contributed by atoms with Crippen LogP contribution in [0.5, 0.6) is 0 Å². The zero-order valence-corrected chi connectivity index (χ0v) is 8.70. The summed E-state index contributed by atoms with van der Waals surface area (Å²) in [5, 5.41) is 2.96. The molecule has 2 rings (SSSR count). The fourth-order valence-electron chi connectivity index (χ4n) is 2.16. The SMILES string of the molecule is NCC(=O)N[C@H]1CCCc2ccccc21. The Labute approximate surface area is 89.7 Å². The van der Waals surface area contributed by atoms with Crippen molar-refractivity contribution in [3.05, 3.63) is 35.4 Å². The number of benzene rings is 1. The van der Waals surface area contributed by atoms with Crippen molar-refractivity contribution in [1.82, 2.24) is 5.32 Å². The van der Waals surface area contributed by atoms with Crippen LogP contribution >= 0.6 is 0 Å². The summed E-state index contributed by atoms with van der Waals surface area (Å²) in [5.41, 5.74) is 7.91. The summed E-state index contributed by atoms with van der Waals surface area (Å²) in [7, 11) is 0. The van der Waals surface area contributed by atoms with Gasteiger partial charge in [-0.2, -0.15) is 0 Å². The second kappa shape index (κ2) is 4.45. The van der Waals surface area contributed by atoms with Crippen LogP contribution in [0.2, 0.25) is 0 Å². The molecule has 0 unspecified atom stereocenters. The molecular weight excluding hydrogens is 188 g/mol. The molecule has 1 aromatic rings. The Balaban J connectivity index is 2.18. The van der Waals surface area contributed by atoms with Crippen LogP contribution in [0.1, 0.15) is 30.0 Å². The molecule has 3 N–H and O–H groups in total. The van der Waals surface area contributed by atoms with Crippen molar-refractivity contribution in [3.63, 3.8) is 0 Å². The number of amides is 1. The van der Waals surface area contributed by atoms with Crippen LogP contribution in [0.3, 0.4) is 0 Å². The van der Waals surface area contributed by atoms with Gasteiger partial charge >= 0.3 is 0 Å². The van der Waals surface area contributed by atoms with Crippen molar-refractivity contribution in [2.45, 2.75) is 25.3 Å². The van der Waals surface area contributed by atoms with E-state index in [0.29, 0.717) is 0 Å². The van der Waals surface area contributed by atoms with E-state index >= 15 is 0 Å². The molecule has 0 radical (unpaired) electrons. The van der Waals surface area contributed by atoms with E-state index in [1.165, 1.54) is 11.1 Å². The molecule has 0 aliphatic heterocycles. The molecule has 0 fully saturated rings. The van der Waals surface area contributed by atoms with E-state index in [-0.39, 0.29) is 18.5 Å². The normalized spacial score (nSPS) is 19.4. The topological polar surface area (TPSA) is 55.1 Å². The first-order valence-corrected chi connectivity index (χ1v) is 5.38. The fraction of sp³-hybridized carbons (Fsp3) is 0.417. The Morgan fingerprint density at radius 1 is 1.47 bits per heavy atom. The summed E-state index contributed by atoms with van der Waals surface area (Å²) >= 11 is 0. The molecule has 0 bridgehead atoms. The number of rotatable bonds is 2. The van der Waals surface area contributed by atoms with Gasteiger partial charge < -0.3 is 11.1 Å². The van der Waals surface area contributed by atoms with Gasteiger partial charge in [0.2, 0.25) is 5.91 Å². The molecule has 3 heteroatoms. The van der Waals surface area contributed by atoms with Crippen molar-refractivity contribution >= 4 is 5.91 Å². The molecule has 1 aliphatic rings. The maximum atomic E-state index is 11.3. The first-order valence-electron chi connectivity index (χ1n) is 5.38. The van der Waals surface area contributed by atoms with Crippen molar-refractivity contribution in [1.29, 1.82) is 0 Å². The van der Waals surface area contributed by atoms with Crippen LogP contribution in [0.15, 0.2) is 24.3 Å². The van der Waals surface area contributed by atoms with E-state index < -0.39 is 0 Å². The number of carbonyl (C=O) groups is 1. The lowest BCUT2D eigenvalue weighted by Gasteiger charge is -2.26. The number of carbonyl (C=O) groups excluding carboxylic acids is 1. The highest BCUT2D eigenvalue weighted by Gasteiger charge is 2.20. The van der Waals surface area contributed by atoms with E-state index in [1.807, 2.05) is 12.1 Å². The van der Waals surface area contributed by atoms with E-state index in [4.69, 9.17) is 5.73 Å². The number of hydrogen-bond acceptors (Lipinski definition) is 2. The third-order valence-electron chi connectivity index (χ3n) is 2.89. The standard InChI is InChI=1S/C12H16N2O/c13-8-12(15)14-11-7-3-5-9-4-1-2-6-10(9)11/h1-2,4,6,11H,3,5,7-8,13H2,(H,14,15)/t11-/m0/s1. The van der Waals surface area contributed by atoms with Gasteiger partial charge in [0.25, 0.3) is 0 Å². The highest BCUT2D eigenvalue weighted by molar-refractivity contribution is 5.78. The Morgan fingerprint density at radius 2 is 2.27 bits per heavy atom. The quantitative estimate of drug-likeness (QED) is 0.759. The smallest absolute Gasteiger partial charge is 0.234 e. The van der Waals surface area contributed by atoms with Gasteiger partial charge in [0, 0.05) is 0 Å². The molecule has 0 aromatic heterocycles. The summed E-state index contributed by atoms with van der Waals surface area (Å²) in [6.07, 6.45) is 3.26. The summed E-state index contributed by atoms with van der Waals surface area (Å²) in [4.78, 5) is 11.3. The van der Waals surface area contributed by atoms with E-state index in [1.54, 1.807) is 0 Å². The molecule has 80 valence electrons. The van der Waals surface area contributed by atoms with E-state index in [0.717, 1.165) is 19.3 Å². The molecule has 1 amide bonds. The average molecular weight is 204 g/mol.